The van der Waals surface area contributed by atoms with Gasteiger partial charge in [-0.05, 0) is 37.0 Å². The van der Waals surface area contributed by atoms with Gasteiger partial charge in [-0.3, -0.25) is 4.98 Å². The smallest absolute Gasteiger partial charge is 0.130 e. The minimum atomic E-state index is 0.440. The second kappa shape index (κ2) is 5.34. The summed E-state index contributed by atoms with van der Waals surface area (Å²) in [5.41, 5.74) is 10.5. The molecule has 0 amide bonds. The Kier molecular flexibility index (Phi) is 3.79. The summed E-state index contributed by atoms with van der Waals surface area (Å²) in [4.78, 5) is 12.8. The Morgan fingerprint density at radius 3 is 2.47 bits per heavy atom. The molecule has 0 saturated carbocycles. The second-order valence-electron chi connectivity index (χ2n) is 5.18. The third-order valence-corrected chi connectivity index (χ3v) is 3.18. The highest BCUT2D eigenvalue weighted by Gasteiger charge is 2.11. The first-order valence-corrected chi connectivity index (χ1v) is 6.50. The van der Waals surface area contributed by atoms with Crippen molar-refractivity contribution in [1.82, 2.24) is 15.0 Å². The van der Waals surface area contributed by atoms with E-state index in [0.29, 0.717) is 17.6 Å². The molecule has 0 fully saturated rings. The van der Waals surface area contributed by atoms with Gasteiger partial charge in [-0.1, -0.05) is 13.8 Å². The van der Waals surface area contributed by atoms with Crippen LogP contribution in [0.4, 0.5) is 5.82 Å². The zero-order valence-corrected chi connectivity index (χ0v) is 11.9. The summed E-state index contributed by atoms with van der Waals surface area (Å²) >= 11 is 0. The maximum absolute atomic E-state index is 5.97. The number of hydrogen-bond acceptors (Lipinski definition) is 4. The molecular weight excluding hydrogens is 236 g/mol. The zero-order chi connectivity index (χ0) is 14.0. The van der Waals surface area contributed by atoms with Gasteiger partial charge in [0.05, 0.1) is 0 Å². The fraction of sp³-hybridized carbons (Fsp3) is 0.400. The molecule has 2 aromatic heterocycles. The highest BCUT2D eigenvalue weighted by molar-refractivity contribution is 5.43. The molecule has 19 heavy (non-hydrogen) atoms. The molecular formula is C15H20N4. The van der Waals surface area contributed by atoms with E-state index in [0.717, 1.165) is 17.7 Å². The normalized spacial score (nSPS) is 11.0. The summed E-state index contributed by atoms with van der Waals surface area (Å²) in [5.74, 6) is 1.71. The van der Waals surface area contributed by atoms with Crippen LogP contribution < -0.4 is 5.73 Å². The van der Waals surface area contributed by atoms with Crippen molar-refractivity contribution in [2.75, 3.05) is 5.73 Å². The van der Waals surface area contributed by atoms with Crippen LogP contribution in [-0.2, 0) is 6.42 Å². The molecule has 100 valence electrons. The number of aryl methyl sites for hydroxylation is 2. The summed E-state index contributed by atoms with van der Waals surface area (Å²) in [6.45, 7) is 8.19. The van der Waals surface area contributed by atoms with E-state index in [1.165, 1.54) is 11.1 Å². The molecule has 0 aliphatic carbocycles. The maximum Gasteiger partial charge on any atom is 0.130 e. The van der Waals surface area contributed by atoms with Crippen LogP contribution in [0, 0.1) is 13.8 Å². The summed E-state index contributed by atoms with van der Waals surface area (Å²) in [6.07, 6.45) is 4.53. The predicted molar refractivity (Wildman–Crippen MR) is 77.1 cm³/mol. The van der Waals surface area contributed by atoms with E-state index >= 15 is 0 Å². The van der Waals surface area contributed by atoms with E-state index in [9.17, 15) is 0 Å². The lowest BCUT2D eigenvalue weighted by molar-refractivity contribution is 0.834. The molecule has 0 saturated heterocycles. The molecule has 4 heteroatoms. The fourth-order valence-corrected chi connectivity index (χ4v) is 2.15. The van der Waals surface area contributed by atoms with E-state index in [4.69, 9.17) is 5.73 Å². The van der Waals surface area contributed by atoms with Crippen LogP contribution >= 0.6 is 0 Å². The van der Waals surface area contributed by atoms with Gasteiger partial charge in [0, 0.05) is 30.1 Å². The molecule has 0 aliphatic heterocycles. The molecule has 0 radical (unpaired) electrons. The van der Waals surface area contributed by atoms with Crippen molar-refractivity contribution in [3.63, 3.8) is 0 Å². The third kappa shape index (κ3) is 3.08. The number of hydrogen-bond donors (Lipinski definition) is 1. The Morgan fingerprint density at radius 1 is 1.11 bits per heavy atom. The Morgan fingerprint density at radius 2 is 1.84 bits per heavy atom. The Balaban J connectivity index is 2.39. The minimum Gasteiger partial charge on any atom is -0.383 e. The molecule has 2 N–H and O–H groups in total. The standard InChI is InChI=1S/C15H20N4/c1-9(2)14-8-17-10(3)5-12(14)6-13-7-18-11(4)19-15(13)16/h5,7-9H,6H2,1-4H3,(H2,16,18,19). The van der Waals surface area contributed by atoms with E-state index in [-0.39, 0.29) is 0 Å². The van der Waals surface area contributed by atoms with E-state index < -0.39 is 0 Å². The lowest BCUT2D eigenvalue weighted by atomic mass is 9.95. The lowest BCUT2D eigenvalue weighted by Gasteiger charge is -2.13. The first kappa shape index (κ1) is 13.5. The van der Waals surface area contributed by atoms with Gasteiger partial charge in [-0.25, -0.2) is 9.97 Å². The number of nitrogens with two attached hydrogens (primary N) is 1. The van der Waals surface area contributed by atoms with Crippen molar-refractivity contribution in [3.05, 3.63) is 46.7 Å². The van der Waals surface area contributed by atoms with Gasteiger partial charge >= 0.3 is 0 Å². The first-order chi connectivity index (χ1) is 8.97. The van der Waals surface area contributed by atoms with Gasteiger partial charge in [0.2, 0.25) is 0 Å². The lowest BCUT2D eigenvalue weighted by Crippen LogP contribution is -2.05. The van der Waals surface area contributed by atoms with Crippen molar-refractivity contribution in [3.8, 4) is 0 Å². The molecule has 0 aromatic carbocycles. The van der Waals surface area contributed by atoms with Gasteiger partial charge in [-0.15, -0.1) is 0 Å². The highest BCUT2D eigenvalue weighted by Crippen LogP contribution is 2.23. The summed E-state index contributed by atoms with van der Waals surface area (Å²) in [6, 6.07) is 2.12. The van der Waals surface area contributed by atoms with Crippen LogP contribution in [0.1, 0.15) is 48.0 Å². The molecule has 0 aliphatic rings. The number of nitrogen functional groups attached to an aromatic ring is 1. The number of nitrogens with zero attached hydrogens (tertiary/aromatic N) is 3. The number of anilines is 1. The van der Waals surface area contributed by atoms with Gasteiger partial charge in [-0.2, -0.15) is 0 Å². The molecule has 2 heterocycles. The average Bonchev–Trinajstić information content (AvgIpc) is 2.32. The molecule has 0 spiro atoms. The quantitative estimate of drug-likeness (QED) is 0.917. The zero-order valence-electron chi connectivity index (χ0n) is 11.9. The average molecular weight is 256 g/mol. The van der Waals surface area contributed by atoms with Crippen molar-refractivity contribution in [2.45, 2.75) is 40.0 Å². The van der Waals surface area contributed by atoms with Crippen molar-refractivity contribution < 1.29 is 0 Å². The largest absolute Gasteiger partial charge is 0.383 e. The van der Waals surface area contributed by atoms with Gasteiger partial charge in [0.25, 0.3) is 0 Å². The highest BCUT2D eigenvalue weighted by atomic mass is 14.9. The SMILES string of the molecule is Cc1cc(Cc2cnc(C)nc2N)c(C(C)C)cn1. The Bertz CT molecular complexity index is 591. The third-order valence-electron chi connectivity index (χ3n) is 3.18. The first-order valence-electron chi connectivity index (χ1n) is 6.50. The van der Waals surface area contributed by atoms with Gasteiger partial charge < -0.3 is 5.73 Å². The summed E-state index contributed by atoms with van der Waals surface area (Å²) in [7, 11) is 0. The van der Waals surface area contributed by atoms with Crippen LogP contribution in [0.25, 0.3) is 0 Å². The summed E-state index contributed by atoms with van der Waals surface area (Å²) in [5, 5.41) is 0. The molecule has 4 nitrogen and oxygen atoms in total. The molecule has 0 atom stereocenters. The van der Waals surface area contributed by atoms with Crippen LogP contribution in [0.2, 0.25) is 0 Å². The number of rotatable bonds is 3. The molecule has 2 rings (SSSR count). The molecule has 0 unspecified atom stereocenters. The predicted octanol–water partition coefficient (Wildman–Crippen LogP) is 2.78. The van der Waals surface area contributed by atoms with Crippen LogP contribution in [0.3, 0.4) is 0 Å². The Hall–Kier alpha value is -1.97. The van der Waals surface area contributed by atoms with Gasteiger partial charge in [0.1, 0.15) is 11.6 Å². The number of pyridine rings is 1. The van der Waals surface area contributed by atoms with Crippen molar-refractivity contribution >= 4 is 5.82 Å². The maximum atomic E-state index is 5.97. The summed E-state index contributed by atoms with van der Waals surface area (Å²) < 4.78 is 0. The fourth-order valence-electron chi connectivity index (χ4n) is 2.15. The molecule has 2 aromatic rings. The van der Waals surface area contributed by atoms with Crippen LogP contribution in [-0.4, -0.2) is 15.0 Å². The van der Waals surface area contributed by atoms with Gasteiger partial charge in [0.15, 0.2) is 0 Å². The van der Waals surface area contributed by atoms with Crippen molar-refractivity contribution in [1.29, 1.82) is 0 Å². The molecule has 0 bridgehead atoms. The minimum absolute atomic E-state index is 0.440. The second-order valence-corrected chi connectivity index (χ2v) is 5.18. The van der Waals surface area contributed by atoms with E-state index in [1.807, 2.05) is 26.2 Å². The number of aromatic nitrogens is 3. The topological polar surface area (TPSA) is 64.7 Å². The van der Waals surface area contributed by atoms with E-state index in [2.05, 4.69) is 34.9 Å². The van der Waals surface area contributed by atoms with E-state index in [1.54, 1.807) is 0 Å². The monoisotopic (exact) mass is 256 g/mol. The Labute approximate surface area is 114 Å². The van der Waals surface area contributed by atoms with Crippen molar-refractivity contribution in [2.24, 2.45) is 0 Å². The van der Waals surface area contributed by atoms with Crippen LogP contribution in [0.5, 0.6) is 0 Å². The van der Waals surface area contributed by atoms with Crippen LogP contribution in [0.15, 0.2) is 18.5 Å².